The zero-order valence-corrected chi connectivity index (χ0v) is 13.6. The lowest BCUT2D eigenvalue weighted by atomic mass is 10.1. The Morgan fingerprint density at radius 2 is 1.29 bits per heavy atom. The first kappa shape index (κ1) is 19.8. The van der Waals surface area contributed by atoms with Gasteiger partial charge in [0.15, 0.2) is 0 Å². The van der Waals surface area contributed by atoms with Crippen LogP contribution in [0, 0.1) is 11.3 Å². The fourth-order valence-electron chi connectivity index (χ4n) is 2.07. The summed E-state index contributed by atoms with van der Waals surface area (Å²) in [4.78, 5) is 11.2. The average Bonchev–Trinajstić information content (AvgIpc) is 2.49. The predicted octanol–water partition coefficient (Wildman–Crippen LogP) is 5.36. The molecule has 0 unspecified atom stereocenters. The minimum absolute atomic E-state index is 0.346. The van der Waals surface area contributed by atoms with Gasteiger partial charge in [0, 0.05) is 6.42 Å². The van der Waals surface area contributed by atoms with E-state index in [1.165, 1.54) is 44.9 Å². The molecule has 0 aromatic rings. The van der Waals surface area contributed by atoms with Crippen molar-refractivity contribution in [3.05, 3.63) is 0 Å². The van der Waals surface area contributed by atoms with Gasteiger partial charge < -0.3 is 9.47 Å². The summed E-state index contributed by atoms with van der Waals surface area (Å²) in [5.41, 5.74) is 0. The molecule has 0 N–H and O–H groups in total. The van der Waals surface area contributed by atoms with Crippen molar-refractivity contribution in [1.29, 1.82) is 5.26 Å². The molecule has 0 aliphatic heterocycles. The van der Waals surface area contributed by atoms with Crippen LogP contribution in [0.15, 0.2) is 0 Å². The normalized spacial score (nSPS) is 10.1. The zero-order chi connectivity index (χ0) is 15.6. The maximum atomic E-state index is 11.2. The van der Waals surface area contributed by atoms with Crippen LogP contribution in [0.5, 0.6) is 0 Å². The highest BCUT2D eigenvalue weighted by molar-refractivity contribution is 5.59. The molecule has 0 amide bonds. The summed E-state index contributed by atoms with van der Waals surface area (Å²) in [6.07, 6.45) is 12.6. The third-order valence-electron chi connectivity index (χ3n) is 3.37. The van der Waals surface area contributed by atoms with Gasteiger partial charge in [0.05, 0.1) is 19.3 Å². The number of carbonyl (C=O) groups excluding carboxylic acids is 1. The molecule has 0 atom stereocenters. The lowest BCUT2D eigenvalue weighted by molar-refractivity contribution is 0.0531. The van der Waals surface area contributed by atoms with Crippen molar-refractivity contribution in [2.75, 3.05) is 13.2 Å². The second kappa shape index (κ2) is 16.8. The SMILES string of the molecule is CCCCCCCCCCCOC(=O)OCCCCC#N. The van der Waals surface area contributed by atoms with E-state index >= 15 is 0 Å². The number of carbonyl (C=O) groups is 1. The van der Waals surface area contributed by atoms with Gasteiger partial charge in [0.25, 0.3) is 0 Å². The summed E-state index contributed by atoms with van der Waals surface area (Å²) in [5.74, 6) is 0. The molecule has 0 spiro atoms. The molecule has 0 rings (SSSR count). The predicted molar refractivity (Wildman–Crippen MR) is 84.0 cm³/mol. The number of hydrogen-bond acceptors (Lipinski definition) is 4. The van der Waals surface area contributed by atoms with Crippen molar-refractivity contribution in [2.45, 2.75) is 84.0 Å². The van der Waals surface area contributed by atoms with Crippen molar-refractivity contribution < 1.29 is 14.3 Å². The quantitative estimate of drug-likeness (QED) is 0.320. The standard InChI is InChI=1S/C17H31NO3/c1-2-3-4-5-6-7-8-9-12-15-20-17(19)21-16-13-10-11-14-18/h2-13,15-16H2,1H3. The van der Waals surface area contributed by atoms with Crippen LogP contribution >= 0.6 is 0 Å². The summed E-state index contributed by atoms with van der Waals surface area (Å²) in [7, 11) is 0. The molecule has 0 bridgehead atoms. The van der Waals surface area contributed by atoms with Crippen molar-refractivity contribution >= 4 is 6.16 Å². The summed E-state index contributed by atoms with van der Waals surface area (Å²) in [6, 6.07) is 2.06. The molecular formula is C17H31NO3. The first-order valence-corrected chi connectivity index (χ1v) is 8.47. The van der Waals surface area contributed by atoms with Gasteiger partial charge in [-0.1, -0.05) is 58.3 Å². The van der Waals surface area contributed by atoms with Gasteiger partial charge in [0.2, 0.25) is 0 Å². The molecule has 0 aromatic carbocycles. The largest absolute Gasteiger partial charge is 0.508 e. The monoisotopic (exact) mass is 297 g/mol. The number of ether oxygens (including phenoxy) is 2. The van der Waals surface area contributed by atoms with Crippen LogP contribution in [-0.2, 0) is 9.47 Å². The van der Waals surface area contributed by atoms with E-state index in [2.05, 4.69) is 13.0 Å². The van der Waals surface area contributed by atoms with E-state index in [0.717, 1.165) is 25.7 Å². The van der Waals surface area contributed by atoms with Gasteiger partial charge >= 0.3 is 6.16 Å². The Kier molecular flexibility index (Phi) is 15.8. The molecule has 21 heavy (non-hydrogen) atoms. The molecule has 0 radical (unpaired) electrons. The molecule has 0 aliphatic carbocycles. The molecule has 0 fully saturated rings. The first-order chi connectivity index (χ1) is 10.3. The van der Waals surface area contributed by atoms with Gasteiger partial charge in [-0.2, -0.15) is 5.26 Å². The lowest BCUT2D eigenvalue weighted by Gasteiger charge is -2.06. The van der Waals surface area contributed by atoms with Crippen LogP contribution in [0.3, 0.4) is 0 Å². The fourth-order valence-corrected chi connectivity index (χ4v) is 2.07. The molecule has 122 valence electrons. The van der Waals surface area contributed by atoms with Gasteiger partial charge in [-0.15, -0.1) is 0 Å². The Balaban J connectivity index is 3.13. The molecule has 0 heterocycles. The van der Waals surface area contributed by atoms with Crippen LogP contribution in [0.4, 0.5) is 4.79 Å². The van der Waals surface area contributed by atoms with Crippen LogP contribution in [0.25, 0.3) is 0 Å². The number of hydrogen-bond donors (Lipinski definition) is 0. The van der Waals surface area contributed by atoms with E-state index in [0.29, 0.717) is 19.6 Å². The van der Waals surface area contributed by atoms with E-state index in [-0.39, 0.29) is 0 Å². The molecule has 0 aliphatic rings. The maximum Gasteiger partial charge on any atom is 0.508 e. The first-order valence-electron chi connectivity index (χ1n) is 8.47. The second-order valence-electron chi connectivity index (χ2n) is 5.39. The Morgan fingerprint density at radius 3 is 1.81 bits per heavy atom. The smallest absolute Gasteiger partial charge is 0.434 e. The Bertz CT molecular complexity index is 274. The van der Waals surface area contributed by atoms with Crippen LogP contribution in [-0.4, -0.2) is 19.4 Å². The molecule has 0 aromatic heterocycles. The van der Waals surface area contributed by atoms with E-state index in [1.54, 1.807) is 0 Å². The molecule has 4 nitrogen and oxygen atoms in total. The zero-order valence-electron chi connectivity index (χ0n) is 13.6. The Hall–Kier alpha value is -1.24. The topological polar surface area (TPSA) is 59.3 Å². The summed E-state index contributed by atoms with van der Waals surface area (Å²) in [6.45, 7) is 3.03. The van der Waals surface area contributed by atoms with Crippen LogP contribution in [0.2, 0.25) is 0 Å². The Morgan fingerprint density at radius 1 is 0.810 bits per heavy atom. The van der Waals surface area contributed by atoms with Crippen LogP contribution < -0.4 is 0 Å². The van der Waals surface area contributed by atoms with E-state index in [1.807, 2.05) is 0 Å². The Labute approximate surface area is 129 Å². The van der Waals surface area contributed by atoms with E-state index in [9.17, 15) is 4.79 Å². The van der Waals surface area contributed by atoms with Crippen LogP contribution in [0.1, 0.15) is 84.0 Å². The minimum atomic E-state index is -0.577. The molecule has 4 heteroatoms. The maximum absolute atomic E-state index is 11.2. The highest BCUT2D eigenvalue weighted by atomic mass is 16.7. The van der Waals surface area contributed by atoms with E-state index in [4.69, 9.17) is 14.7 Å². The highest BCUT2D eigenvalue weighted by Crippen LogP contribution is 2.09. The summed E-state index contributed by atoms with van der Waals surface area (Å²) < 4.78 is 9.88. The van der Waals surface area contributed by atoms with Crippen molar-refractivity contribution in [1.82, 2.24) is 0 Å². The van der Waals surface area contributed by atoms with Gasteiger partial charge in [0.1, 0.15) is 0 Å². The average molecular weight is 297 g/mol. The van der Waals surface area contributed by atoms with Crippen molar-refractivity contribution in [2.24, 2.45) is 0 Å². The fraction of sp³-hybridized carbons (Fsp3) is 0.882. The number of nitriles is 1. The summed E-state index contributed by atoms with van der Waals surface area (Å²) >= 11 is 0. The number of nitrogens with zero attached hydrogens (tertiary/aromatic N) is 1. The molecule has 0 saturated carbocycles. The van der Waals surface area contributed by atoms with Gasteiger partial charge in [-0.05, 0) is 19.3 Å². The molecular weight excluding hydrogens is 266 g/mol. The molecule has 0 saturated heterocycles. The van der Waals surface area contributed by atoms with Gasteiger partial charge in [-0.3, -0.25) is 0 Å². The van der Waals surface area contributed by atoms with E-state index < -0.39 is 6.16 Å². The highest BCUT2D eigenvalue weighted by Gasteiger charge is 2.02. The third kappa shape index (κ3) is 16.7. The second-order valence-corrected chi connectivity index (χ2v) is 5.39. The van der Waals surface area contributed by atoms with Crippen molar-refractivity contribution in [3.8, 4) is 6.07 Å². The van der Waals surface area contributed by atoms with Crippen molar-refractivity contribution in [3.63, 3.8) is 0 Å². The third-order valence-corrected chi connectivity index (χ3v) is 3.37. The lowest BCUT2D eigenvalue weighted by Crippen LogP contribution is -2.09. The minimum Gasteiger partial charge on any atom is -0.434 e. The van der Waals surface area contributed by atoms with Gasteiger partial charge in [-0.25, -0.2) is 4.79 Å². The number of rotatable bonds is 14. The number of unbranched alkanes of at least 4 members (excludes halogenated alkanes) is 10. The summed E-state index contributed by atoms with van der Waals surface area (Å²) in [5, 5.41) is 8.35.